The second-order valence-corrected chi connectivity index (χ2v) is 2.47. The Morgan fingerprint density at radius 1 is 1.45 bits per heavy atom. The fourth-order valence-electron chi connectivity index (χ4n) is 0.678. The fourth-order valence-corrected chi connectivity index (χ4v) is 0.832. The number of hydrogen-bond acceptors (Lipinski definition) is 1. The predicted octanol–water partition coefficient (Wildman–Crippen LogP) is 2.79. The molecule has 0 spiro atoms. The molecule has 0 unspecified atom stereocenters. The molecule has 0 aliphatic heterocycles. The quantitative estimate of drug-likeness (QED) is 0.634. The van der Waals surface area contributed by atoms with E-state index in [9.17, 15) is 4.39 Å². The highest BCUT2D eigenvalue weighted by Crippen LogP contribution is 2.24. The molecule has 0 saturated carbocycles. The maximum Gasteiger partial charge on any atom is 0.147 e. The Bertz CT molecular complexity index is 236. The van der Waals surface area contributed by atoms with Crippen LogP contribution in [0.5, 0.6) is 0 Å². The molecule has 0 atom stereocenters. The minimum absolute atomic E-state index is 0. The first kappa shape index (κ1) is 10.5. The minimum atomic E-state index is -0.462. The van der Waals surface area contributed by atoms with E-state index in [4.69, 9.17) is 17.3 Å². The molecule has 0 aliphatic rings. The Kier molecular flexibility index (Phi) is 3.63. The number of rotatable bonds is 0. The normalized spacial score (nSPS) is 9.00. The van der Waals surface area contributed by atoms with Gasteiger partial charge in [-0.2, -0.15) is 0 Å². The SMILES string of the molecule is Cc1ccc(F)c(N)c1Cl.Cl. The molecular formula is C7H8Cl2FN. The summed E-state index contributed by atoms with van der Waals surface area (Å²) >= 11 is 5.62. The van der Waals surface area contributed by atoms with Gasteiger partial charge in [0.25, 0.3) is 0 Å². The smallest absolute Gasteiger partial charge is 0.147 e. The zero-order valence-electron chi connectivity index (χ0n) is 5.90. The molecule has 11 heavy (non-hydrogen) atoms. The Balaban J connectivity index is 0.000001000. The molecule has 0 saturated heterocycles. The number of nitrogens with two attached hydrogens (primary N) is 1. The topological polar surface area (TPSA) is 26.0 Å². The van der Waals surface area contributed by atoms with Crippen LogP contribution < -0.4 is 5.73 Å². The molecule has 1 rings (SSSR count). The Labute approximate surface area is 75.8 Å². The summed E-state index contributed by atoms with van der Waals surface area (Å²) in [5.74, 6) is -0.462. The van der Waals surface area contributed by atoms with Crippen LogP contribution in [-0.2, 0) is 0 Å². The third-order valence-electron chi connectivity index (χ3n) is 1.32. The van der Waals surface area contributed by atoms with Gasteiger partial charge in [-0.15, -0.1) is 12.4 Å². The average Bonchev–Trinajstić information content (AvgIpc) is 1.93. The van der Waals surface area contributed by atoms with E-state index >= 15 is 0 Å². The van der Waals surface area contributed by atoms with Crippen molar-refractivity contribution in [2.24, 2.45) is 0 Å². The third-order valence-corrected chi connectivity index (χ3v) is 1.82. The average molecular weight is 196 g/mol. The van der Waals surface area contributed by atoms with Crippen molar-refractivity contribution in [2.45, 2.75) is 6.92 Å². The number of halogens is 3. The number of aryl methyl sites for hydroxylation is 1. The second kappa shape index (κ2) is 3.79. The molecule has 0 amide bonds. The van der Waals surface area contributed by atoms with Crippen molar-refractivity contribution in [3.63, 3.8) is 0 Å². The van der Waals surface area contributed by atoms with Gasteiger partial charge in [-0.3, -0.25) is 0 Å². The largest absolute Gasteiger partial charge is 0.395 e. The van der Waals surface area contributed by atoms with Gasteiger partial charge in [0.05, 0.1) is 10.7 Å². The highest BCUT2D eigenvalue weighted by molar-refractivity contribution is 6.33. The lowest BCUT2D eigenvalue weighted by molar-refractivity contribution is 0.632. The molecule has 1 aromatic carbocycles. The van der Waals surface area contributed by atoms with Crippen LogP contribution >= 0.6 is 24.0 Å². The van der Waals surface area contributed by atoms with Crippen LogP contribution in [0.4, 0.5) is 10.1 Å². The van der Waals surface area contributed by atoms with Gasteiger partial charge in [-0.25, -0.2) is 4.39 Å². The van der Waals surface area contributed by atoms with Crippen molar-refractivity contribution in [3.8, 4) is 0 Å². The van der Waals surface area contributed by atoms with Crippen molar-refractivity contribution >= 4 is 29.7 Å². The van der Waals surface area contributed by atoms with Gasteiger partial charge in [-0.05, 0) is 18.6 Å². The molecule has 0 aliphatic carbocycles. The molecular weight excluding hydrogens is 188 g/mol. The molecule has 0 fully saturated rings. The highest BCUT2D eigenvalue weighted by Gasteiger charge is 2.03. The maximum absolute atomic E-state index is 12.6. The summed E-state index contributed by atoms with van der Waals surface area (Å²) < 4.78 is 12.6. The van der Waals surface area contributed by atoms with Crippen LogP contribution in [0.15, 0.2) is 12.1 Å². The van der Waals surface area contributed by atoms with Crippen molar-refractivity contribution in [3.05, 3.63) is 28.5 Å². The first-order valence-electron chi connectivity index (χ1n) is 2.83. The van der Waals surface area contributed by atoms with E-state index in [0.29, 0.717) is 5.02 Å². The van der Waals surface area contributed by atoms with Crippen LogP contribution in [0.25, 0.3) is 0 Å². The standard InChI is InChI=1S/C7H7ClFN.ClH/c1-4-2-3-5(9)7(10)6(4)8;/h2-3H,10H2,1H3;1H. The molecule has 2 N–H and O–H groups in total. The first-order chi connectivity index (χ1) is 4.63. The van der Waals surface area contributed by atoms with Crippen LogP contribution in [-0.4, -0.2) is 0 Å². The van der Waals surface area contributed by atoms with Crippen LogP contribution in [0.1, 0.15) is 5.56 Å². The van der Waals surface area contributed by atoms with Crippen molar-refractivity contribution in [1.29, 1.82) is 0 Å². The minimum Gasteiger partial charge on any atom is -0.395 e. The zero-order chi connectivity index (χ0) is 7.72. The van der Waals surface area contributed by atoms with E-state index in [1.165, 1.54) is 6.07 Å². The summed E-state index contributed by atoms with van der Waals surface area (Å²) in [5, 5.41) is 0.306. The van der Waals surface area contributed by atoms with Crippen LogP contribution in [0.2, 0.25) is 5.02 Å². The maximum atomic E-state index is 12.6. The van der Waals surface area contributed by atoms with Crippen LogP contribution in [0.3, 0.4) is 0 Å². The van der Waals surface area contributed by atoms with Gasteiger partial charge in [0.15, 0.2) is 0 Å². The number of benzene rings is 1. The molecule has 0 heterocycles. The Hall–Kier alpha value is -0.470. The van der Waals surface area contributed by atoms with E-state index in [1.54, 1.807) is 13.0 Å². The fraction of sp³-hybridized carbons (Fsp3) is 0.143. The van der Waals surface area contributed by atoms with E-state index < -0.39 is 5.82 Å². The predicted molar refractivity (Wildman–Crippen MR) is 47.8 cm³/mol. The lowest BCUT2D eigenvalue weighted by Crippen LogP contribution is -1.92. The van der Waals surface area contributed by atoms with Crippen molar-refractivity contribution < 1.29 is 4.39 Å². The van der Waals surface area contributed by atoms with E-state index in [1.807, 2.05) is 0 Å². The summed E-state index contributed by atoms with van der Waals surface area (Å²) in [7, 11) is 0. The number of nitrogen functional groups attached to an aromatic ring is 1. The third kappa shape index (κ3) is 1.98. The molecule has 1 aromatic rings. The summed E-state index contributed by atoms with van der Waals surface area (Å²) in [5.41, 5.74) is 6.10. The Morgan fingerprint density at radius 2 is 2.00 bits per heavy atom. The van der Waals surface area contributed by atoms with E-state index in [0.717, 1.165) is 5.56 Å². The molecule has 0 radical (unpaired) electrons. The van der Waals surface area contributed by atoms with E-state index in [2.05, 4.69) is 0 Å². The Morgan fingerprint density at radius 3 is 2.45 bits per heavy atom. The lowest BCUT2D eigenvalue weighted by atomic mass is 10.2. The van der Waals surface area contributed by atoms with Gasteiger partial charge in [0.2, 0.25) is 0 Å². The van der Waals surface area contributed by atoms with Gasteiger partial charge in [-0.1, -0.05) is 17.7 Å². The van der Waals surface area contributed by atoms with Crippen molar-refractivity contribution in [1.82, 2.24) is 0 Å². The first-order valence-corrected chi connectivity index (χ1v) is 3.21. The van der Waals surface area contributed by atoms with Gasteiger partial charge >= 0.3 is 0 Å². The summed E-state index contributed by atoms with van der Waals surface area (Å²) in [6.07, 6.45) is 0. The molecule has 0 aromatic heterocycles. The van der Waals surface area contributed by atoms with E-state index in [-0.39, 0.29) is 18.1 Å². The molecule has 0 bridgehead atoms. The number of anilines is 1. The zero-order valence-corrected chi connectivity index (χ0v) is 7.47. The summed E-state index contributed by atoms with van der Waals surface area (Å²) in [6.45, 7) is 1.78. The van der Waals surface area contributed by atoms with Crippen molar-refractivity contribution in [2.75, 3.05) is 5.73 Å². The van der Waals surface area contributed by atoms with Crippen LogP contribution in [0, 0.1) is 12.7 Å². The molecule has 1 nitrogen and oxygen atoms in total. The summed E-state index contributed by atoms with van der Waals surface area (Å²) in [6, 6.07) is 2.89. The highest BCUT2D eigenvalue weighted by atomic mass is 35.5. The molecule has 4 heteroatoms. The van der Waals surface area contributed by atoms with Gasteiger partial charge < -0.3 is 5.73 Å². The van der Waals surface area contributed by atoms with Gasteiger partial charge in [0.1, 0.15) is 5.82 Å². The lowest BCUT2D eigenvalue weighted by Gasteiger charge is -2.01. The summed E-state index contributed by atoms with van der Waals surface area (Å²) in [4.78, 5) is 0. The van der Waals surface area contributed by atoms with Gasteiger partial charge in [0, 0.05) is 0 Å². The molecule has 62 valence electrons. The number of hydrogen-bond donors (Lipinski definition) is 1. The monoisotopic (exact) mass is 195 g/mol. The second-order valence-electron chi connectivity index (χ2n) is 2.09.